The quantitative estimate of drug-likeness (QED) is 0.247. The Hall–Kier alpha value is -3.44. The zero-order chi connectivity index (χ0) is 26.9. The minimum atomic E-state index is -0.0418. The predicted molar refractivity (Wildman–Crippen MR) is 145 cm³/mol. The average Bonchev–Trinajstić information content (AvgIpc) is 2.89. The number of ether oxygens (including phenoxy) is 3. The second-order valence-corrected chi connectivity index (χ2v) is 7.32. The molecule has 0 heterocycles. The smallest absolute Gasteiger partial charge is 0.870 e. The van der Waals surface area contributed by atoms with Gasteiger partial charge in [0.1, 0.15) is 17.2 Å². The maximum absolute atomic E-state index is 11.4. The van der Waals surface area contributed by atoms with Gasteiger partial charge in [0.15, 0.2) is 0 Å². The van der Waals surface area contributed by atoms with Crippen molar-refractivity contribution in [2.24, 2.45) is 0 Å². The number of hydrogen-bond donors (Lipinski definition) is 0. The zero-order valence-electron chi connectivity index (χ0n) is 21.6. The van der Waals surface area contributed by atoms with Crippen LogP contribution in [0.1, 0.15) is 16.7 Å². The third-order valence-electron chi connectivity index (χ3n) is 4.93. The molecule has 0 N–H and O–H groups in total. The van der Waals surface area contributed by atoms with Crippen LogP contribution in [0.15, 0.2) is 92.6 Å². The van der Waals surface area contributed by atoms with Crippen LogP contribution in [-0.4, -0.2) is 47.5 Å². The molecule has 0 saturated heterocycles. The summed E-state index contributed by atoms with van der Waals surface area (Å²) in [7, 11) is 4.48. The van der Waals surface area contributed by atoms with Gasteiger partial charge in [-0.1, -0.05) is 71.9 Å². The SMILES string of the molecule is C=CCc1cccc(OC)c1[O-].C=CCc1cccc(OC)c1[O-].C=CCc1cccc(OC)c1[O-].[Bi+3]. The molecule has 0 aliphatic heterocycles. The van der Waals surface area contributed by atoms with E-state index in [-0.39, 0.29) is 43.5 Å². The number of methoxy groups -OCH3 is 3. The fourth-order valence-corrected chi connectivity index (χ4v) is 3.11. The van der Waals surface area contributed by atoms with Gasteiger partial charge in [0, 0.05) is 0 Å². The fourth-order valence-electron chi connectivity index (χ4n) is 3.11. The first-order valence-corrected chi connectivity index (χ1v) is 11.2. The van der Waals surface area contributed by atoms with Crippen molar-refractivity contribution in [3.8, 4) is 34.5 Å². The topological polar surface area (TPSA) is 96.9 Å². The van der Waals surface area contributed by atoms with E-state index in [1.54, 1.807) is 72.8 Å². The van der Waals surface area contributed by atoms with Gasteiger partial charge in [0.25, 0.3) is 0 Å². The standard InChI is InChI=1S/3C10H12O2.Bi/c3*1-3-5-8-6-4-7-9(12-2)10(8)11;/h3*3-4,6-7,11H,1,5H2,2H3;/q;;;+3/p-3. The van der Waals surface area contributed by atoms with Crippen molar-refractivity contribution in [1.29, 1.82) is 0 Å². The first-order chi connectivity index (χ1) is 17.4. The van der Waals surface area contributed by atoms with Crippen LogP contribution in [0.2, 0.25) is 0 Å². The molecule has 37 heavy (non-hydrogen) atoms. The summed E-state index contributed by atoms with van der Waals surface area (Å²) in [5.41, 5.74) is 2.18. The second kappa shape index (κ2) is 18.8. The van der Waals surface area contributed by atoms with Crippen LogP contribution in [0.4, 0.5) is 0 Å². The summed E-state index contributed by atoms with van der Waals surface area (Å²) in [5.74, 6) is 1.07. The van der Waals surface area contributed by atoms with Gasteiger partial charge in [0.05, 0.1) is 21.3 Å². The van der Waals surface area contributed by atoms with Crippen LogP contribution in [0, 0.1) is 0 Å². The molecule has 0 amide bonds. The first kappa shape index (κ1) is 33.6. The molecule has 0 fully saturated rings. The Balaban J connectivity index is 0.000000518. The molecule has 3 aromatic rings. The molecule has 194 valence electrons. The monoisotopic (exact) mass is 698 g/mol. The third kappa shape index (κ3) is 10.6. The Labute approximate surface area is 239 Å². The molecule has 6 nitrogen and oxygen atoms in total. The van der Waals surface area contributed by atoms with Crippen LogP contribution < -0.4 is 29.5 Å². The Morgan fingerprint density at radius 2 is 0.784 bits per heavy atom. The molecular weight excluding hydrogens is 665 g/mol. The Bertz CT molecular complexity index is 986. The minimum Gasteiger partial charge on any atom is -0.870 e. The van der Waals surface area contributed by atoms with Crippen LogP contribution >= 0.6 is 0 Å². The Morgan fingerprint density at radius 3 is 0.973 bits per heavy atom. The minimum absolute atomic E-state index is 0. The van der Waals surface area contributed by atoms with Gasteiger partial charge in [0.2, 0.25) is 0 Å². The van der Waals surface area contributed by atoms with E-state index in [4.69, 9.17) is 14.2 Å². The second-order valence-electron chi connectivity index (χ2n) is 7.32. The Morgan fingerprint density at radius 1 is 0.541 bits per heavy atom. The summed E-state index contributed by atoms with van der Waals surface area (Å²) in [6.45, 7) is 10.7. The molecule has 0 bridgehead atoms. The van der Waals surface area contributed by atoms with Crippen LogP contribution in [0.3, 0.4) is 0 Å². The van der Waals surface area contributed by atoms with Gasteiger partial charge in [-0.3, -0.25) is 0 Å². The van der Waals surface area contributed by atoms with Gasteiger partial charge in [-0.25, -0.2) is 0 Å². The van der Waals surface area contributed by atoms with Crippen molar-refractivity contribution >= 4 is 26.2 Å². The van der Waals surface area contributed by atoms with Crippen molar-refractivity contribution in [1.82, 2.24) is 0 Å². The molecule has 0 aliphatic rings. The van der Waals surface area contributed by atoms with E-state index < -0.39 is 0 Å². The molecule has 0 aliphatic carbocycles. The summed E-state index contributed by atoms with van der Waals surface area (Å²) in [4.78, 5) is 0. The van der Waals surface area contributed by atoms with E-state index in [0.29, 0.717) is 36.5 Å². The van der Waals surface area contributed by atoms with E-state index in [1.165, 1.54) is 21.3 Å². The van der Waals surface area contributed by atoms with Crippen LogP contribution in [0.5, 0.6) is 34.5 Å². The summed E-state index contributed by atoms with van der Waals surface area (Å²) < 4.78 is 14.7. The summed E-state index contributed by atoms with van der Waals surface area (Å²) in [6, 6.07) is 15.8. The fraction of sp³-hybridized carbons (Fsp3) is 0.200. The third-order valence-corrected chi connectivity index (χ3v) is 4.93. The normalized spacial score (nSPS) is 9.16. The molecule has 3 aromatic carbocycles. The number of rotatable bonds is 9. The van der Waals surface area contributed by atoms with Crippen molar-refractivity contribution in [2.75, 3.05) is 21.3 Å². The predicted octanol–water partition coefficient (Wildman–Crippen LogP) is 4.11. The number of para-hydroxylation sites is 3. The summed E-state index contributed by atoms with van der Waals surface area (Å²) in [5, 5.41) is 34.3. The summed E-state index contributed by atoms with van der Waals surface area (Å²) in [6.07, 6.45) is 6.89. The average molecular weight is 699 g/mol. The van der Waals surface area contributed by atoms with Gasteiger partial charge < -0.3 is 29.5 Å². The maximum Gasteiger partial charge on any atom is 3.00 e. The maximum atomic E-state index is 11.4. The molecule has 7 heteroatoms. The zero-order valence-corrected chi connectivity index (χ0v) is 25.0. The van der Waals surface area contributed by atoms with Gasteiger partial charge >= 0.3 is 26.2 Å². The number of hydrogen-bond acceptors (Lipinski definition) is 6. The molecule has 0 unspecified atom stereocenters. The van der Waals surface area contributed by atoms with E-state index in [2.05, 4.69) is 19.7 Å². The molecular formula is C30H33BiO6. The number of allylic oxidation sites excluding steroid dienone is 3. The van der Waals surface area contributed by atoms with Gasteiger partial charge in [-0.05, 0) is 54.2 Å². The van der Waals surface area contributed by atoms with Crippen molar-refractivity contribution < 1.29 is 29.5 Å². The van der Waals surface area contributed by atoms with Crippen molar-refractivity contribution in [2.45, 2.75) is 19.3 Å². The van der Waals surface area contributed by atoms with E-state index in [9.17, 15) is 15.3 Å². The number of benzene rings is 3. The molecule has 2 radical (unpaired) electrons. The summed E-state index contributed by atoms with van der Waals surface area (Å²) >= 11 is 0. The molecule has 0 spiro atoms. The molecule has 0 atom stereocenters. The van der Waals surface area contributed by atoms with Crippen molar-refractivity contribution in [3.63, 3.8) is 0 Å². The van der Waals surface area contributed by atoms with Crippen LogP contribution in [0.25, 0.3) is 0 Å². The van der Waals surface area contributed by atoms with Crippen molar-refractivity contribution in [3.05, 3.63) is 109 Å². The van der Waals surface area contributed by atoms with Crippen LogP contribution in [-0.2, 0) is 19.3 Å². The van der Waals surface area contributed by atoms with E-state index in [0.717, 1.165) is 16.7 Å². The molecule has 3 rings (SSSR count). The van der Waals surface area contributed by atoms with E-state index >= 15 is 0 Å². The van der Waals surface area contributed by atoms with Gasteiger partial charge in [-0.15, -0.1) is 19.7 Å². The first-order valence-electron chi connectivity index (χ1n) is 11.2. The van der Waals surface area contributed by atoms with Gasteiger partial charge in [-0.2, -0.15) is 0 Å². The largest absolute Gasteiger partial charge is 3.00 e. The molecule has 0 saturated carbocycles. The van der Waals surface area contributed by atoms with E-state index in [1.807, 2.05) is 0 Å². The Kier molecular flexibility index (Phi) is 17.0. The molecule has 0 aromatic heterocycles.